The number of carbonyl (C=O) groups excluding carboxylic acids is 1. The molecule has 0 amide bonds. The van der Waals surface area contributed by atoms with Crippen LogP contribution in [0, 0.1) is 0 Å². The minimum absolute atomic E-state index is 0.118. The van der Waals surface area contributed by atoms with E-state index in [9.17, 15) is 4.79 Å². The second kappa shape index (κ2) is 11.7. The lowest BCUT2D eigenvalue weighted by Crippen LogP contribution is -2.18. The van der Waals surface area contributed by atoms with Gasteiger partial charge in [-0.1, -0.05) is 19.3 Å². The Morgan fingerprint density at radius 2 is 1.70 bits per heavy atom. The van der Waals surface area contributed by atoms with Crippen LogP contribution in [0.25, 0.3) is 0 Å². The average Bonchev–Trinajstić information content (AvgIpc) is 2.88. The van der Waals surface area contributed by atoms with Gasteiger partial charge in [0, 0.05) is 27.2 Å². The van der Waals surface area contributed by atoms with Gasteiger partial charge in [0.1, 0.15) is 0 Å². The number of ether oxygens (including phenoxy) is 4. The van der Waals surface area contributed by atoms with E-state index in [-0.39, 0.29) is 24.5 Å². The van der Waals surface area contributed by atoms with Gasteiger partial charge in [0.15, 0.2) is 18.4 Å². The number of unbranched alkanes of at least 4 members (excludes halogenated alkanes) is 4. The van der Waals surface area contributed by atoms with Crippen molar-refractivity contribution in [2.24, 2.45) is 0 Å². The first-order valence-electron chi connectivity index (χ1n) is 8.63. The molecule has 0 fully saturated rings. The van der Waals surface area contributed by atoms with Crippen LogP contribution < -0.4 is 0 Å². The van der Waals surface area contributed by atoms with Crippen molar-refractivity contribution < 1.29 is 23.7 Å². The van der Waals surface area contributed by atoms with E-state index in [0.717, 1.165) is 44.3 Å². The number of carbonyl (C=O) groups is 1. The van der Waals surface area contributed by atoms with Gasteiger partial charge in [0.25, 0.3) is 0 Å². The smallest absolute Gasteiger partial charge is 0.161 e. The maximum atomic E-state index is 11.9. The van der Waals surface area contributed by atoms with Crippen molar-refractivity contribution in [1.82, 2.24) is 0 Å². The largest absolute Gasteiger partial charge is 0.356 e. The second-order valence-corrected chi connectivity index (χ2v) is 5.99. The minimum Gasteiger partial charge on any atom is -0.356 e. The summed E-state index contributed by atoms with van der Waals surface area (Å²) < 4.78 is 21.2. The number of hydrogen-bond donors (Lipinski definition) is 0. The summed E-state index contributed by atoms with van der Waals surface area (Å²) in [6.45, 7) is 4.49. The van der Waals surface area contributed by atoms with Crippen molar-refractivity contribution >= 4 is 5.78 Å². The molecule has 1 rings (SSSR count). The molecule has 1 aliphatic carbocycles. The maximum Gasteiger partial charge on any atom is 0.161 e. The molecule has 0 saturated carbocycles. The zero-order valence-corrected chi connectivity index (χ0v) is 15.0. The molecular formula is C18H32O5. The number of methoxy groups -OCH3 is 2. The molecule has 1 aliphatic rings. The van der Waals surface area contributed by atoms with Gasteiger partial charge in [0.2, 0.25) is 0 Å². The molecule has 134 valence electrons. The molecular weight excluding hydrogens is 296 g/mol. The summed E-state index contributed by atoms with van der Waals surface area (Å²) >= 11 is 0. The van der Waals surface area contributed by atoms with Gasteiger partial charge < -0.3 is 18.9 Å². The molecule has 0 saturated heterocycles. The van der Waals surface area contributed by atoms with E-state index < -0.39 is 0 Å². The van der Waals surface area contributed by atoms with Gasteiger partial charge in [-0.05, 0) is 44.8 Å². The molecule has 0 heterocycles. The van der Waals surface area contributed by atoms with E-state index in [2.05, 4.69) is 0 Å². The summed E-state index contributed by atoms with van der Waals surface area (Å²) in [5.41, 5.74) is 0.926. The van der Waals surface area contributed by atoms with Gasteiger partial charge >= 0.3 is 0 Å². The van der Waals surface area contributed by atoms with Gasteiger partial charge in [-0.25, -0.2) is 0 Å². The Balaban J connectivity index is 2.06. The average molecular weight is 328 g/mol. The van der Waals surface area contributed by atoms with E-state index in [1.165, 1.54) is 6.42 Å². The summed E-state index contributed by atoms with van der Waals surface area (Å²) in [7, 11) is 3.25. The van der Waals surface area contributed by atoms with Crippen molar-refractivity contribution in [2.75, 3.05) is 20.8 Å². The van der Waals surface area contributed by atoms with Crippen LogP contribution in [0.5, 0.6) is 0 Å². The van der Waals surface area contributed by atoms with Crippen LogP contribution in [0.3, 0.4) is 0 Å². The molecule has 5 nitrogen and oxygen atoms in total. The number of rotatable bonds is 13. The molecule has 0 aromatic rings. The van der Waals surface area contributed by atoms with Crippen LogP contribution in [0.2, 0.25) is 0 Å². The molecule has 3 unspecified atom stereocenters. The van der Waals surface area contributed by atoms with E-state index >= 15 is 0 Å². The van der Waals surface area contributed by atoms with Gasteiger partial charge in [0.05, 0.1) is 6.10 Å². The molecule has 0 aromatic heterocycles. The Bertz CT molecular complexity index is 366. The Hall–Kier alpha value is -0.750. The highest BCUT2D eigenvalue weighted by Gasteiger charge is 2.25. The summed E-state index contributed by atoms with van der Waals surface area (Å²) in [4.78, 5) is 11.9. The molecule has 0 aliphatic heterocycles. The highest BCUT2D eigenvalue weighted by atomic mass is 16.7. The van der Waals surface area contributed by atoms with Crippen LogP contribution in [0.4, 0.5) is 0 Å². The Kier molecular flexibility index (Phi) is 10.4. The first-order chi connectivity index (χ1) is 11.1. The third-order valence-corrected chi connectivity index (χ3v) is 4.11. The molecule has 0 N–H and O–H groups in total. The number of allylic oxidation sites excluding steroid dienone is 1. The predicted molar refractivity (Wildman–Crippen MR) is 89.2 cm³/mol. The standard InChI is InChI=1S/C18H32O5/c1-14(20-3)22-11-9-7-5-6-8-10-16-12-17(13-18(16)19)23-15(2)21-4/h12,14-15,17H,5-11,13H2,1-4H3. The molecule has 0 aromatic carbocycles. The zero-order chi connectivity index (χ0) is 17.1. The summed E-state index contributed by atoms with van der Waals surface area (Å²) in [6.07, 6.45) is 8.36. The summed E-state index contributed by atoms with van der Waals surface area (Å²) in [5, 5.41) is 0. The topological polar surface area (TPSA) is 54.0 Å². The van der Waals surface area contributed by atoms with Gasteiger partial charge in [-0.2, -0.15) is 0 Å². The lowest BCUT2D eigenvalue weighted by molar-refractivity contribution is -0.136. The molecule has 0 bridgehead atoms. The van der Waals surface area contributed by atoms with Gasteiger partial charge in [-0.3, -0.25) is 4.79 Å². The first kappa shape index (κ1) is 20.3. The Morgan fingerprint density at radius 3 is 2.39 bits per heavy atom. The SMILES string of the molecule is COC(C)OCCCCCCCC1=CC(OC(C)OC)CC1=O. The molecule has 0 spiro atoms. The van der Waals surface area contributed by atoms with Crippen LogP contribution in [0.1, 0.15) is 58.8 Å². The lowest BCUT2D eigenvalue weighted by atomic mass is 10.0. The number of hydrogen-bond acceptors (Lipinski definition) is 5. The zero-order valence-electron chi connectivity index (χ0n) is 15.0. The van der Waals surface area contributed by atoms with E-state index in [1.807, 2.05) is 19.9 Å². The van der Waals surface area contributed by atoms with Crippen LogP contribution in [-0.4, -0.2) is 45.3 Å². The summed E-state index contributed by atoms with van der Waals surface area (Å²) in [5.74, 6) is 0.222. The molecule has 5 heteroatoms. The quantitative estimate of drug-likeness (QED) is 0.382. The Labute approximate surface area is 140 Å². The minimum atomic E-state index is -0.272. The van der Waals surface area contributed by atoms with Crippen LogP contribution >= 0.6 is 0 Å². The van der Waals surface area contributed by atoms with Crippen molar-refractivity contribution in [3.8, 4) is 0 Å². The van der Waals surface area contributed by atoms with Gasteiger partial charge in [-0.15, -0.1) is 0 Å². The fourth-order valence-corrected chi connectivity index (χ4v) is 2.57. The van der Waals surface area contributed by atoms with E-state index in [1.54, 1.807) is 14.2 Å². The lowest BCUT2D eigenvalue weighted by Gasteiger charge is -2.14. The third-order valence-electron chi connectivity index (χ3n) is 4.11. The fourth-order valence-electron chi connectivity index (χ4n) is 2.57. The number of Topliss-reactive ketones (excluding diaryl/α,β-unsaturated/α-hetero) is 1. The monoisotopic (exact) mass is 328 g/mol. The van der Waals surface area contributed by atoms with Crippen LogP contribution in [-0.2, 0) is 23.7 Å². The highest BCUT2D eigenvalue weighted by molar-refractivity contribution is 5.98. The molecule has 3 atom stereocenters. The fraction of sp³-hybridized carbons (Fsp3) is 0.833. The first-order valence-corrected chi connectivity index (χ1v) is 8.63. The Morgan fingerprint density at radius 1 is 1.04 bits per heavy atom. The second-order valence-electron chi connectivity index (χ2n) is 5.99. The van der Waals surface area contributed by atoms with Crippen molar-refractivity contribution in [1.29, 1.82) is 0 Å². The highest BCUT2D eigenvalue weighted by Crippen LogP contribution is 2.23. The van der Waals surface area contributed by atoms with E-state index in [0.29, 0.717) is 6.42 Å². The maximum absolute atomic E-state index is 11.9. The molecule has 23 heavy (non-hydrogen) atoms. The number of ketones is 1. The predicted octanol–water partition coefficient (Wildman–Crippen LogP) is 3.61. The van der Waals surface area contributed by atoms with Crippen molar-refractivity contribution in [3.63, 3.8) is 0 Å². The van der Waals surface area contributed by atoms with E-state index in [4.69, 9.17) is 18.9 Å². The molecule has 0 radical (unpaired) electrons. The van der Waals surface area contributed by atoms with Crippen molar-refractivity contribution in [3.05, 3.63) is 11.6 Å². The van der Waals surface area contributed by atoms with Crippen molar-refractivity contribution in [2.45, 2.75) is 77.5 Å². The van der Waals surface area contributed by atoms with Crippen LogP contribution in [0.15, 0.2) is 11.6 Å². The summed E-state index contributed by atoms with van der Waals surface area (Å²) in [6, 6.07) is 0. The normalized spacial score (nSPS) is 20.6. The third kappa shape index (κ3) is 8.61.